The Hall–Kier alpha value is -2.53. The standard InChI is InChI=1S/C49H34Cl2N6O23S6.6Na/c50-33-9-7-25(47(60)54-35-11-13-39(83(69,70)71)31-19-29(81(63,64)65)21-41(43(31)35)85(75,76)77)17-37(33)56-45(58)23-3-1-5-27(15-23)52-49(62)53-28-6-2-4-24(16-28)46(59)57-38-18-26(8-10-34(38)51)48(61)55-36-12-14-40(84(72,73)74)32-20-30(82(66,67)68)22-42(44(32)36)86(78,79)80;;;;;;/h1-22H,(H,54,60)(H,55,61)(H,56,58)(H,57,59)(H2,52,53,62)(H,63,64,65)(H,66,67,68)(H,69,70,71)(H,72,73,74)(H,75,76,77)(H,78,79,80);;;;;;/q;6*+1/p-6. The second-order valence-electron chi connectivity index (χ2n) is 17.6. The van der Waals surface area contributed by atoms with E-state index in [1.165, 1.54) is 48.5 Å². The van der Waals surface area contributed by atoms with Crippen LogP contribution in [0.2, 0.25) is 10.0 Å². The fraction of sp³-hybridized carbons (Fsp3) is 0. The van der Waals surface area contributed by atoms with E-state index in [2.05, 4.69) is 31.9 Å². The van der Waals surface area contributed by atoms with Gasteiger partial charge in [-0.15, -0.1) is 0 Å². The number of carbonyl (C=O) groups is 5. The van der Waals surface area contributed by atoms with Gasteiger partial charge in [0.15, 0.2) is 0 Å². The number of hydrogen-bond donors (Lipinski definition) is 6. The Labute approximate surface area is 665 Å². The normalized spacial score (nSPS) is 11.5. The Morgan fingerprint density at radius 2 is 0.598 bits per heavy atom. The van der Waals surface area contributed by atoms with Crippen LogP contribution in [0, 0.1) is 0 Å². The molecule has 0 aromatic heterocycles. The minimum atomic E-state index is -5.77. The largest absolute Gasteiger partial charge is 1.00 e. The van der Waals surface area contributed by atoms with Gasteiger partial charge in [-0.05, 0) is 121 Å². The van der Waals surface area contributed by atoms with Crippen molar-refractivity contribution < 1.29 is 279 Å². The van der Waals surface area contributed by atoms with Crippen molar-refractivity contribution in [3.63, 3.8) is 0 Å². The van der Waals surface area contributed by atoms with Crippen LogP contribution in [-0.4, -0.2) is 107 Å². The summed E-state index contributed by atoms with van der Waals surface area (Å²) in [5.41, 5.74) is -2.58. The summed E-state index contributed by atoms with van der Waals surface area (Å²) >= 11 is 12.7. The first-order chi connectivity index (χ1) is 39.8. The van der Waals surface area contributed by atoms with Gasteiger partial charge in [0.25, 0.3) is 23.6 Å². The topological polar surface area (TPSA) is 501 Å². The van der Waals surface area contributed by atoms with E-state index in [1.54, 1.807) is 0 Å². The summed E-state index contributed by atoms with van der Waals surface area (Å²) in [7, 11) is -33.8. The third-order valence-corrected chi connectivity index (χ3v) is 17.7. The van der Waals surface area contributed by atoms with Gasteiger partial charge in [-0.3, -0.25) is 19.2 Å². The van der Waals surface area contributed by atoms with E-state index in [0.717, 1.165) is 48.5 Å². The van der Waals surface area contributed by atoms with Gasteiger partial charge in [0.05, 0.1) is 62.2 Å². The van der Waals surface area contributed by atoms with Crippen LogP contribution < -0.4 is 209 Å². The molecule has 0 heterocycles. The van der Waals surface area contributed by atoms with Crippen molar-refractivity contribution in [2.24, 2.45) is 0 Å². The summed E-state index contributed by atoms with van der Waals surface area (Å²) < 4.78 is 218. The van der Waals surface area contributed by atoms with Crippen molar-refractivity contribution in [2.75, 3.05) is 31.9 Å². The Bertz CT molecular complexity index is 4750. The van der Waals surface area contributed by atoms with Crippen molar-refractivity contribution in [3.8, 4) is 0 Å². The van der Waals surface area contributed by atoms with Gasteiger partial charge in [0.1, 0.15) is 60.7 Å². The molecule has 8 aromatic rings. The number of nitrogens with one attached hydrogen (secondary N) is 6. The van der Waals surface area contributed by atoms with Crippen LogP contribution in [0.3, 0.4) is 0 Å². The zero-order chi connectivity index (χ0) is 63.4. The fourth-order valence-corrected chi connectivity index (χ4v) is 12.5. The zero-order valence-corrected chi connectivity index (χ0v) is 66.2. The molecular formula is C49H28Cl2N6Na6O23S6. The number of hydrogen-bond acceptors (Lipinski definition) is 23. The smallest absolute Gasteiger partial charge is 0.744 e. The van der Waals surface area contributed by atoms with Crippen LogP contribution in [0.1, 0.15) is 41.4 Å². The number of halogens is 2. The van der Waals surface area contributed by atoms with E-state index in [0.29, 0.717) is 24.3 Å². The van der Waals surface area contributed by atoms with Crippen molar-refractivity contribution in [1.82, 2.24) is 0 Å². The fourth-order valence-electron chi connectivity index (χ4n) is 8.19. The van der Waals surface area contributed by atoms with E-state index in [4.69, 9.17) is 23.2 Å². The molecule has 8 aromatic carbocycles. The summed E-state index contributed by atoms with van der Waals surface area (Å²) in [6, 6.07) is 19.6. The summed E-state index contributed by atoms with van der Waals surface area (Å²) in [4.78, 5) is 59.2. The maximum absolute atomic E-state index is 13.6. The summed E-state index contributed by atoms with van der Waals surface area (Å²) in [6.07, 6.45) is 0. The van der Waals surface area contributed by atoms with Gasteiger partial charge in [-0.1, -0.05) is 35.3 Å². The van der Waals surface area contributed by atoms with Crippen LogP contribution in [0.15, 0.2) is 163 Å². The average Bonchev–Trinajstić information content (AvgIpc) is 0.751. The Morgan fingerprint density at radius 3 is 0.891 bits per heavy atom. The number of anilines is 6. The van der Waals surface area contributed by atoms with E-state index in [-0.39, 0.29) is 245 Å². The predicted molar refractivity (Wildman–Crippen MR) is 296 cm³/mol. The Morgan fingerprint density at radius 1 is 0.304 bits per heavy atom. The molecule has 0 saturated heterocycles. The van der Waals surface area contributed by atoms with Crippen molar-refractivity contribution >= 4 is 169 Å². The van der Waals surface area contributed by atoms with E-state index in [9.17, 15) is 102 Å². The molecule has 0 aliphatic heterocycles. The molecule has 0 fully saturated rings. The quantitative estimate of drug-likeness (QED) is 0.0386. The predicted octanol–water partition coefficient (Wildman–Crippen LogP) is -12.6. The molecule has 8 rings (SSSR count). The molecule has 6 N–H and O–H groups in total. The molecule has 0 spiro atoms. The molecular weight excluding hydrogens is 1440 g/mol. The molecule has 0 unspecified atom stereocenters. The van der Waals surface area contributed by atoms with Gasteiger partial charge >= 0.3 is 183 Å². The SMILES string of the molecule is O=C(Nc1cccc(C(=O)Nc2cc(C(=O)Nc3ccc(S(=O)(=O)[O-])c4cc(S(=O)(=O)[O-])cc(S(=O)(=O)[O-])c34)ccc2Cl)c1)Nc1cccc(C(=O)Nc2cc(C(=O)Nc3ccc(S(=O)(=O)[O-])c4cc(S(=O)(=O)[O-])cc(S(=O)(=O)[O-])c34)ccc2Cl)c1.[Na+].[Na+].[Na+].[Na+].[Na+].[Na+]. The maximum Gasteiger partial charge on any atom is 1.00 e. The van der Waals surface area contributed by atoms with E-state index >= 15 is 0 Å². The second-order valence-corrected chi connectivity index (χ2v) is 26.5. The van der Waals surface area contributed by atoms with Gasteiger partial charge in [0, 0.05) is 55.2 Å². The minimum Gasteiger partial charge on any atom is -0.744 e. The number of benzene rings is 8. The number of rotatable bonds is 16. The summed E-state index contributed by atoms with van der Waals surface area (Å²) in [6.45, 7) is 0. The van der Waals surface area contributed by atoms with E-state index in [1.807, 2.05) is 0 Å². The van der Waals surface area contributed by atoms with Crippen molar-refractivity contribution in [3.05, 3.63) is 166 Å². The first kappa shape index (κ1) is 85.6. The zero-order valence-electron chi connectivity index (χ0n) is 47.8. The van der Waals surface area contributed by atoms with E-state index < -0.39 is 153 Å². The van der Waals surface area contributed by atoms with Crippen LogP contribution in [-0.2, 0) is 60.7 Å². The molecule has 43 heteroatoms. The molecule has 0 aliphatic carbocycles. The molecule has 0 saturated carbocycles. The average molecular weight is 1470 g/mol. The molecule has 0 bridgehead atoms. The molecule has 0 radical (unpaired) electrons. The molecule has 29 nitrogen and oxygen atoms in total. The summed E-state index contributed by atoms with van der Waals surface area (Å²) in [5.74, 6) is -4.03. The molecule has 92 heavy (non-hydrogen) atoms. The first-order valence-corrected chi connectivity index (χ1v) is 32.1. The van der Waals surface area contributed by atoms with Crippen LogP contribution in [0.25, 0.3) is 21.5 Å². The number of carbonyl (C=O) groups excluding carboxylic acids is 5. The van der Waals surface area contributed by atoms with Crippen molar-refractivity contribution in [1.29, 1.82) is 0 Å². The molecule has 0 atom stereocenters. The number of fused-ring (bicyclic) bond motifs is 2. The molecule has 448 valence electrons. The third kappa shape index (κ3) is 20.8. The molecule has 0 aliphatic rings. The third-order valence-electron chi connectivity index (χ3n) is 11.9. The minimum absolute atomic E-state index is 0. The van der Waals surface area contributed by atoms with Gasteiger partial charge < -0.3 is 59.2 Å². The van der Waals surface area contributed by atoms with Gasteiger partial charge in [-0.2, -0.15) is 0 Å². The van der Waals surface area contributed by atoms with Gasteiger partial charge in [0.2, 0.25) is 0 Å². The monoisotopic (exact) mass is 1470 g/mol. The Kier molecular flexibility index (Phi) is 31.0. The van der Waals surface area contributed by atoms with Crippen molar-refractivity contribution in [2.45, 2.75) is 29.4 Å². The second kappa shape index (κ2) is 33.3. The van der Waals surface area contributed by atoms with Crippen LogP contribution in [0.4, 0.5) is 38.9 Å². The first-order valence-electron chi connectivity index (χ1n) is 22.9. The molecule has 6 amide bonds. The maximum atomic E-state index is 13.6. The number of amides is 6. The van der Waals surface area contributed by atoms with Crippen LogP contribution >= 0.6 is 23.2 Å². The van der Waals surface area contributed by atoms with Crippen LogP contribution in [0.5, 0.6) is 0 Å². The van der Waals surface area contributed by atoms with Gasteiger partial charge in [-0.25, -0.2) is 55.3 Å². The Balaban J connectivity index is 0.00000480. The summed E-state index contributed by atoms with van der Waals surface area (Å²) in [5, 5.41) is 10.1. The number of urea groups is 1.